The van der Waals surface area contributed by atoms with Gasteiger partial charge in [-0.15, -0.1) is 0 Å². The second-order valence-corrected chi connectivity index (χ2v) is 6.56. The molecule has 0 aliphatic rings. The van der Waals surface area contributed by atoms with Crippen LogP contribution in [0.15, 0.2) is 42.5 Å². The van der Waals surface area contributed by atoms with E-state index in [0.717, 1.165) is 0 Å². The number of amides is 1. The van der Waals surface area contributed by atoms with Crippen LogP contribution in [0.25, 0.3) is 0 Å². The van der Waals surface area contributed by atoms with Gasteiger partial charge in [-0.05, 0) is 41.5 Å². The van der Waals surface area contributed by atoms with E-state index >= 15 is 0 Å². The minimum absolute atomic E-state index is 0.0631. The highest BCUT2D eigenvalue weighted by Gasteiger charge is 2.37. The summed E-state index contributed by atoms with van der Waals surface area (Å²) in [5, 5.41) is 20.1. The summed E-state index contributed by atoms with van der Waals surface area (Å²) >= 11 is 0. The summed E-state index contributed by atoms with van der Waals surface area (Å²) in [6, 6.07) is 6.93. The maximum absolute atomic E-state index is 12.9. The maximum atomic E-state index is 12.9. The van der Waals surface area contributed by atoms with Crippen molar-refractivity contribution in [2.45, 2.75) is 31.2 Å². The molecule has 31 heavy (non-hydrogen) atoms. The van der Waals surface area contributed by atoms with Gasteiger partial charge in [-0.3, -0.25) is 4.79 Å². The lowest BCUT2D eigenvalue weighted by atomic mass is 10.0. The van der Waals surface area contributed by atoms with Gasteiger partial charge in [-0.25, -0.2) is 4.79 Å². The molecule has 0 saturated carbocycles. The molecule has 0 heterocycles. The Balaban J connectivity index is 2.20. The number of nitriles is 1. The number of rotatable bonds is 6. The van der Waals surface area contributed by atoms with E-state index in [4.69, 9.17) is 5.26 Å². The number of carboxylic acids is 1. The predicted molar refractivity (Wildman–Crippen MR) is 94.6 cm³/mol. The smallest absolute Gasteiger partial charge is 0.416 e. The van der Waals surface area contributed by atoms with Crippen LogP contribution in [0.2, 0.25) is 0 Å². The lowest BCUT2D eigenvalue weighted by Crippen LogP contribution is -2.43. The van der Waals surface area contributed by atoms with Crippen molar-refractivity contribution in [2.75, 3.05) is 0 Å². The number of carbonyl (C=O) groups excluding carboxylic acids is 1. The number of carbonyl (C=O) groups is 2. The molecule has 5 nitrogen and oxygen atoms in total. The fourth-order valence-electron chi connectivity index (χ4n) is 2.70. The second-order valence-electron chi connectivity index (χ2n) is 6.56. The summed E-state index contributed by atoms with van der Waals surface area (Å²) in [5.74, 6) is -2.51. The van der Waals surface area contributed by atoms with Crippen molar-refractivity contribution in [1.29, 1.82) is 5.26 Å². The summed E-state index contributed by atoms with van der Waals surface area (Å²) in [5.41, 5.74) is -2.94. The number of nitrogens with zero attached hydrogens (tertiary/aromatic N) is 1. The van der Waals surface area contributed by atoms with Crippen molar-refractivity contribution >= 4 is 11.9 Å². The average Bonchev–Trinajstić information content (AvgIpc) is 2.66. The number of hydrogen-bond donors (Lipinski definition) is 2. The van der Waals surface area contributed by atoms with Crippen molar-refractivity contribution in [2.24, 2.45) is 0 Å². The quantitative estimate of drug-likeness (QED) is 0.661. The van der Waals surface area contributed by atoms with E-state index in [1.807, 2.05) is 6.07 Å². The fourth-order valence-corrected chi connectivity index (χ4v) is 2.70. The van der Waals surface area contributed by atoms with Crippen LogP contribution in [0.3, 0.4) is 0 Å². The van der Waals surface area contributed by atoms with E-state index in [-0.39, 0.29) is 12.5 Å². The molecule has 0 fully saturated rings. The van der Waals surface area contributed by atoms with E-state index in [9.17, 15) is 41.0 Å². The van der Waals surface area contributed by atoms with Crippen LogP contribution < -0.4 is 5.32 Å². The van der Waals surface area contributed by atoms with Gasteiger partial charge in [0.2, 0.25) is 5.91 Å². The van der Waals surface area contributed by atoms with E-state index < -0.39 is 53.4 Å². The highest BCUT2D eigenvalue weighted by molar-refractivity contribution is 5.85. The molecule has 1 atom stereocenters. The van der Waals surface area contributed by atoms with Crippen molar-refractivity contribution in [3.8, 4) is 6.07 Å². The second kappa shape index (κ2) is 9.07. The first-order valence-corrected chi connectivity index (χ1v) is 8.59. The predicted octanol–water partition coefficient (Wildman–Crippen LogP) is 3.95. The van der Waals surface area contributed by atoms with Crippen LogP contribution in [-0.2, 0) is 34.8 Å². The topological polar surface area (TPSA) is 90.2 Å². The standard InChI is InChI=1S/C20H14F6N2O3/c21-19(22,23)14-5-13(6-15(9-14)20(24,25)26)8-17(29)28-16(18(30)31)7-11-1-3-12(10-27)4-2-11/h1-6,9,16H,7-8H2,(H,28,29)(H,30,31)/t16-/m0/s1. The zero-order chi connectivity index (χ0) is 23.4. The molecule has 0 aliphatic heterocycles. The molecule has 164 valence electrons. The van der Waals surface area contributed by atoms with Gasteiger partial charge in [0, 0.05) is 6.42 Å². The Bertz CT molecular complexity index is 975. The molecule has 0 aliphatic carbocycles. The summed E-state index contributed by atoms with van der Waals surface area (Å²) in [4.78, 5) is 23.6. The van der Waals surface area contributed by atoms with Crippen molar-refractivity contribution in [1.82, 2.24) is 5.32 Å². The molecule has 0 bridgehead atoms. The highest BCUT2D eigenvalue weighted by Crippen LogP contribution is 2.36. The molecule has 0 aromatic heterocycles. The van der Waals surface area contributed by atoms with Crippen molar-refractivity contribution in [3.05, 3.63) is 70.3 Å². The van der Waals surface area contributed by atoms with Crippen LogP contribution in [0.5, 0.6) is 0 Å². The Hall–Kier alpha value is -3.55. The van der Waals surface area contributed by atoms with Crippen molar-refractivity contribution < 1.29 is 41.0 Å². The fraction of sp³-hybridized carbons (Fsp3) is 0.250. The number of halogens is 6. The first-order chi connectivity index (χ1) is 14.3. The first kappa shape index (κ1) is 23.7. The summed E-state index contributed by atoms with van der Waals surface area (Å²) in [7, 11) is 0. The number of carboxylic acid groups (broad SMARTS) is 1. The van der Waals surface area contributed by atoms with Crippen molar-refractivity contribution in [3.63, 3.8) is 0 Å². The molecule has 1 amide bonds. The lowest BCUT2D eigenvalue weighted by molar-refractivity contribution is -0.143. The Kier molecular flexibility index (Phi) is 6.95. The largest absolute Gasteiger partial charge is 0.480 e. The maximum Gasteiger partial charge on any atom is 0.416 e. The third-order valence-electron chi connectivity index (χ3n) is 4.17. The van der Waals surface area contributed by atoms with Crippen LogP contribution in [0.4, 0.5) is 26.3 Å². The van der Waals surface area contributed by atoms with Crippen LogP contribution in [-0.4, -0.2) is 23.0 Å². The highest BCUT2D eigenvalue weighted by atomic mass is 19.4. The van der Waals surface area contributed by atoms with E-state index in [1.54, 1.807) is 0 Å². The Morgan fingerprint density at radius 3 is 1.87 bits per heavy atom. The third kappa shape index (κ3) is 6.74. The van der Waals surface area contributed by atoms with Crippen LogP contribution in [0.1, 0.15) is 27.8 Å². The van der Waals surface area contributed by atoms with Gasteiger partial charge in [0.1, 0.15) is 6.04 Å². The number of aliphatic carboxylic acids is 1. The molecule has 2 rings (SSSR count). The summed E-state index contributed by atoms with van der Waals surface area (Å²) < 4.78 is 77.5. The Morgan fingerprint density at radius 2 is 1.45 bits per heavy atom. The van der Waals surface area contributed by atoms with Gasteiger partial charge >= 0.3 is 18.3 Å². The molecule has 0 radical (unpaired) electrons. The summed E-state index contributed by atoms with van der Waals surface area (Å²) in [6.07, 6.45) is -11.2. The molecule has 0 spiro atoms. The van der Waals surface area contributed by atoms with Crippen LogP contribution in [0, 0.1) is 11.3 Å². The number of hydrogen-bond acceptors (Lipinski definition) is 3. The number of alkyl halides is 6. The monoisotopic (exact) mass is 444 g/mol. The minimum Gasteiger partial charge on any atom is -0.480 e. The molecular formula is C20H14F6N2O3. The summed E-state index contributed by atoms with van der Waals surface area (Å²) in [6.45, 7) is 0. The van der Waals surface area contributed by atoms with Gasteiger partial charge in [-0.2, -0.15) is 31.6 Å². The zero-order valence-electron chi connectivity index (χ0n) is 15.5. The first-order valence-electron chi connectivity index (χ1n) is 8.59. The normalized spacial score (nSPS) is 12.7. The van der Waals surface area contributed by atoms with Crippen LogP contribution >= 0.6 is 0 Å². The van der Waals surface area contributed by atoms with Gasteiger partial charge in [0.15, 0.2) is 0 Å². The Morgan fingerprint density at radius 1 is 0.935 bits per heavy atom. The number of nitrogens with one attached hydrogen (secondary N) is 1. The molecular weight excluding hydrogens is 430 g/mol. The van der Waals surface area contributed by atoms with E-state index in [2.05, 4.69) is 5.32 Å². The van der Waals surface area contributed by atoms with Gasteiger partial charge in [0.25, 0.3) is 0 Å². The van der Waals surface area contributed by atoms with Gasteiger partial charge in [-0.1, -0.05) is 12.1 Å². The minimum atomic E-state index is -5.06. The Labute approximate surface area is 171 Å². The molecule has 0 unspecified atom stereocenters. The van der Waals surface area contributed by atoms with E-state index in [0.29, 0.717) is 23.3 Å². The number of benzene rings is 2. The SMILES string of the molecule is N#Cc1ccc(C[C@H](NC(=O)Cc2cc(C(F)(F)F)cc(C(F)(F)F)c2)C(=O)O)cc1. The third-order valence-corrected chi connectivity index (χ3v) is 4.17. The molecule has 2 N–H and O–H groups in total. The van der Waals surface area contributed by atoms with Gasteiger partial charge < -0.3 is 10.4 Å². The molecule has 2 aromatic carbocycles. The molecule has 11 heteroatoms. The van der Waals surface area contributed by atoms with Gasteiger partial charge in [0.05, 0.1) is 29.2 Å². The average molecular weight is 444 g/mol. The molecule has 2 aromatic rings. The van der Waals surface area contributed by atoms with E-state index in [1.165, 1.54) is 24.3 Å². The molecule has 0 saturated heterocycles. The zero-order valence-corrected chi connectivity index (χ0v) is 15.5. The lowest BCUT2D eigenvalue weighted by Gasteiger charge is -2.16.